The minimum absolute atomic E-state index is 0.0448. The number of rotatable bonds is 5. The molecule has 0 bridgehead atoms. The Kier molecular flexibility index (Phi) is 5.06. The topological polar surface area (TPSA) is 74.2 Å². The number of aromatic nitrogens is 1. The number of anilines is 1. The molecule has 3 N–H and O–H groups in total. The van der Waals surface area contributed by atoms with Crippen molar-refractivity contribution < 1.29 is 14.3 Å². The van der Waals surface area contributed by atoms with Crippen LogP contribution in [0.3, 0.4) is 0 Å². The minimum Gasteiger partial charge on any atom is -0.476 e. The number of nitrogens with one attached hydrogen (secondary N) is 2. The zero-order valence-electron chi connectivity index (χ0n) is 13.3. The number of carboxylic acid groups (broad SMARTS) is 1. The van der Waals surface area contributed by atoms with E-state index in [0.717, 1.165) is 25.6 Å². The Labute approximate surface area is 145 Å². The fraction of sp³-hybridized carbons (Fsp3) is 0.529. The smallest absolute Gasteiger partial charge is 0.364 e. The van der Waals surface area contributed by atoms with Gasteiger partial charge in [-0.2, -0.15) is 4.39 Å². The third-order valence-corrected chi connectivity index (χ3v) is 5.34. The lowest BCUT2D eigenvalue weighted by Crippen LogP contribution is -2.47. The van der Waals surface area contributed by atoms with E-state index in [4.69, 9.17) is 16.7 Å². The van der Waals surface area contributed by atoms with Gasteiger partial charge in [0.1, 0.15) is 5.82 Å². The monoisotopic (exact) mass is 353 g/mol. The molecule has 24 heavy (non-hydrogen) atoms. The van der Waals surface area contributed by atoms with Crippen LogP contribution in [0.15, 0.2) is 18.1 Å². The number of nitrogens with zero attached hydrogens (tertiary/aromatic N) is 1. The van der Waals surface area contributed by atoms with Crippen molar-refractivity contribution in [3.8, 4) is 0 Å². The Bertz CT molecular complexity index is 653. The van der Waals surface area contributed by atoms with Gasteiger partial charge in [0, 0.05) is 12.7 Å². The summed E-state index contributed by atoms with van der Waals surface area (Å²) >= 11 is 6.29. The molecule has 1 aromatic rings. The standard InChI is InChI=1S/C17H21ClFN3O2/c18-13-7-11(8-14(19)16(23)24)9-21-15(13)22-17(5-6-20-10-17)12-3-1-2-4-12/h7-9,12,20H,1-6,10H2,(H,21,22)(H,23,24)/b14-8-/t17-/m0/s1. The van der Waals surface area contributed by atoms with Crippen molar-refractivity contribution in [1.82, 2.24) is 10.3 Å². The largest absolute Gasteiger partial charge is 0.476 e. The molecule has 0 amide bonds. The number of halogens is 2. The highest BCUT2D eigenvalue weighted by molar-refractivity contribution is 6.33. The second kappa shape index (κ2) is 7.07. The maximum atomic E-state index is 13.2. The van der Waals surface area contributed by atoms with Crippen LogP contribution in [0.25, 0.3) is 6.08 Å². The second-order valence-corrected chi connectivity index (χ2v) is 6.99. The summed E-state index contributed by atoms with van der Waals surface area (Å²) in [5.74, 6) is -1.68. The van der Waals surface area contributed by atoms with Crippen molar-refractivity contribution in [3.05, 3.63) is 28.7 Å². The van der Waals surface area contributed by atoms with Gasteiger partial charge in [-0.05, 0) is 49.4 Å². The molecule has 1 aliphatic carbocycles. The van der Waals surface area contributed by atoms with E-state index in [1.54, 1.807) is 0 Å². The Balaban J connectivity index is 1.81. The van der Waals surface area contributed by atoms with Crippen molar-refractivity contribution in [2.24, 2.45) is 5.92 Å². The molecule has 3 rings (SSSR count). The zero-order valence-corrected chi connectivity index (χ0v) is 14.1. The van der Waals surface area contributed by atoms with Crippen molar-refractivity contribution in [2.75, 3.05) is 18.4 Å². The summed E-state index contributed by atoms with van der Waals surface area (Å²) in [7, 11) is 0. The first-order valence-electron chi connectivity index (χ1n) is 8.25. The van der Waals surface area contributed by atoms with Gasteiger partial charge in [0.15, 0.2) is 0 Å². The fourth-order valence-electron chi connectivity index (χ4n) is 3.81. The molecule has 1 aliphatic heterocycles. The van der Waals surface area contributed by atoms with Crippen LogP contribution in [0.5, 0.6) is 0 Å². The van der Waals surface area contributed by atoms with Gasteiger partial charge in [-0.15, -0.1) is 0 Å². The van der Waals surface area contributed by atoms with Gasteiger partial charge in [0.25, 0.3) is 0 Å². The zero-order chi connectivity index (χ0) is 17.2. The van der Waals surface area contributed by atoms with Crippen LogP contribution in [0, 0.1) is 5.92 Å². The van der Waals surface area contributed by atoms with Crippen LogP contribution in [0.2, 0.25) is 5.02 Å². The van der Waals surface area contributed by atoms with Crippen molar-refractivity contribution >= 4 is 29.5 Å². The maximum absolute atomic E-state index is 13.2. The lowest BCUT2D eigenvalue weighted by Gasteiger charge is -2.36. The third-order valence-electron chi connectivity index (χ3n) is 5.05. The predicted molar refractivity (Wildman–Crippen MR) is 91.8 cm³/mol. The molecule has 0 radical (unpaired) electrons. The summed E-state index contributed by atoms with van der Waals surface area (Å²) in [6, 6.07) is 1.53. The summed E-state index contributed by atoms with van der Waals surface area (Å²) in [5.41, 5.74) is 0.279. The first kappa shape index (κ1) is 17.2. The molecular formula is C17H21ClFN3O2. The van der Waals surface area contributed by atoms with Gasteiger partial charge >= 0.3 is 5.97 Å². The summed E-state index contributed by atoms with van der Waals surface area (Å²) in [6.45, 7) is 1.84. The number of carboxylic acids is 1. The summed E-state index contributed by atoms with van der Waals surface area (Å²) in [4.78, 5) is 14.9. The van der Waals surface area contributed by atoms with E-state index in [0.29, 0.717) is 22.3 Å². The first-order valence-corrected chi connectivity index (χ1v) is 8.63. The molecule has 1 aromatic heterocycles. The maximum Gasteiger partial charge on any atom is 0.364 e. The van der Waals surface area contributed by atoms with E-state index in [9.17, 15) is 9.18 Å². The van der Waals surface area contributed by atoms with Gasteiger partial charge < -0.3 is 15.7 Å². The first-order chi connectivity index (χ1) is 11.5. The highest BCUT2D eigenvalue weighted by atomic mass is 35.5. The molecule has 1 atom stereocenters. The molecular weight excluding hydrogens is 333 g/mol. The molecule has 0 unspecified atom stereocenters. The average molecular weight is 354 g/mol. The lowest BCUT2D eigenvalue weighted by molar-refractivity contribution is -0.134. The molecule has 1 saturated heterocycles. The average Bonchev–Trinajstić information content (AvgIpc) is 3.22. The molecule has 5 nitrogen and oxygen atoms in total. The Morgan fingerprint density at radius 1 is 1.50 bits per heavy atom. The summed E-state index contributed by atoms with van der Waals surface area (Å²) < 4.78 is 13.2. The molecule has 0 aromatic carbocycles. The molecule has 2 aliphatic rings. The third kappa shape index (κ3) is 3.54. The quantitative estimate of drug-likeness (QED) is 0.707. The normalized spacial score (nSPS) is 25.2. The van der Waals surface area contributed by atoms with Crippen LogP contribution in [0.1, 0.15) is 37.7 Å². The molecule has 2 heterocycles. The molecule has 130 valence electrons. The summed E-state index contributed by atoms with van der Waals surface area (Å²) in [5, 5.41) is 15.9. The molecule has 1 saturated carbocycles. The fourth-order valence-corrected chi connectivity index (χ4v) is 4.04. The van der Waals surface area contributed by atoms with Gasteiger partial charge in [-0.1, -0.05) is 24.4 Å². The second-order valence-electron chi connectivity index (χ2n) is 6.59. The van der Waals surface area contributed by atoms with Crippen molar-refractivity contribution in [1.29, 1.82) is 0 Å². The number of aliphatic carboxylic acids is 1. The van der Waals surface area contributed by atoms with E-state index < -0.39 is 11.8 Å². The predicted octanol–water partition coefficient (Wildman–Crippen LogP) is 3.46. The number of hydrogen-bond donors (Lipinski definition) is 3. The number of hydrogen-bond acceptors (Lipinski definition) is 4. The van der Waals surface area contributed by atoms with Gasteiger partial charge in [0.05, 0.1) is 10.6 Å². The van der Waals surface area contributed by atoms with Gasteiger partial charge in [-0.3, -0.25) is 0 Å². The molecule has 0 spiro atoms. The van der Waals surface area contributed by atoms with Crippen LogP contribution in [-0.2, 0) is 4.79 Å². The minimum atomic E-state index is -1.61. The lowest BCUT2D eigenvalue weighted by atomic mass is 9.81. The number of carbonyl (C=O) groups is 1. The molecule has 7 heteroatoms. The highest BCUT2D eigenvalue weighted by Crippen LogP contribution is 2.40. The van der Waals surface area contributed by atoms with Crippen molar-refractivity contribution in [2.45, 2.75) is 37.6 Å². The van der Waals surface area contributed by atoms with Crippen LogP contribution in [-0.4, -0.2) is 34.7 Å². The number of pyridine rings is 1. The van der Waals surface area contributed by atoms with Crippen LogP contribution in [0.4, 0.5) is 10.2 Å². The van der Waals surface area contributed by atoms with E-state index in [1.165, 1.54) is 37.9 Å². The Hall–Kier alpha value is -1.66. The van der Waals surface area contributed by atoms with E-state index >= 15 is 0 Å². The van der Waals surface area contributed by atoms with Gasteiger partial charge in [0.2, 0.25) is 5.83 Å². The summed E-state index contributed by atoms with van der Waals surface area (Å²) in [6.07, 6.45) is 8.29. The van der Waals surface area contributed by atoms with Crippen molar-refractivity contribution in [3.63, 3.8) is 0 Å². The Morgan fingerprint density at radius 2 is 2.25 bits per heavy atom. The Morgan fingerprint density at radius 3 is 2.83 bits per heavy atom. The van der Waals surface area contributed by atoms with E-state index in [2.05, 4.69) is 15.6 Å². The van der Waals surface area contributed by atoms with Crippen LogP contribution < -0.4 is 10.6 Å². The SMILES string of the molecule is O=C(O)/C(F)=C/c1cnc(N[C@@]2(C3CCCC3)CCNC2)c(Cl)c1. The van der Waals surface area contributed by atoms with Gasteiger partial charge in [-0.25, -0.2) is 9.78 Å². The van der Waals surface area contributed by atoms with E-state index in [-0.39, 0.29) is 5.54 Å². The van der Waals surface area contributed by atoms with E-state index in [1.807, 2.05) is 0 Å². The highest BCUT2D eigenvalue weighted by Gasteiger charge is 2.42. The van der Waals surface area contributed by atoms with Crippen LogP contribution >= 0.6 is 11.6 Å². The molecule has 2 fully saturated rings.